The Balaban J connectivity index is 2.27. The van der Waals surface area contributed by atoms with Gasteiger partial charge in [-0.05, 0) is 44.4 Å². The number of aryl methyl sites for hydroxylation is 2. The molecule has 0 saturated carbocycles. The zero-order valence-corrected chi connectivity index (χ0v) is 15.3. The van der Waals surface area contributed by atoms with Gasteiger partial charge in [-0.25, -0.2) is 9.59 Å². The fourth-order valence-corrected chi connectivity index (χ4v) is 2.92. The summed E-state index contributed by atoms with van der Waals surface area (Å²) >= 11 is 0. The molecule has 26 heavy (non-hydrogen) atoms. The van der Waals surface area contributed by atoms with Crippen LogP contribution in [-0.4, -0.2) is 30.1 Å². The molecule has 0 saturated heterocycles. The predicted molar refractivity (Wildman–Crippen MR) is 96.7 cm³/mol. The summed E-state index contributed by atoms with van der Waals surface area (Å²) in [6.45, 7) is 5.30. The minimum atomic E-state index is -1.08. The Bertz CT molecular complexity index is 899. The molecule has 0 aliphatic carbocycles. The quantitative estimate of drug-likeness (QED) is 0.733. The largest absolute Gasteiger partial charge is 0.496 e. The highest BCUT2D eigenvalue weighted by molar-refractivity contribution is 5.86. The Kier molecular flexibility index (Phi) is 6.02. The molecule has 2 rings (SSSR count). The molecule has 2 aromatic rings. The maximum atomic E-state index is 12.4. The van der Waals surface area contributed by atoms with Crippen LogP contribution in [0.2, 0.25) is 0 Å². The zero-order valence-electron chi connectivity index (χ0n) is 15.3. The van der Waals surface area contributed by atoms with Crippen LogP contribution in [0.4, 0.5) is 0 Å². The number of aliphatic carboxylic acids is 1. The lowest BCUT2D eigenvalue weighted by molar-refractivity contribution is -0.141. The number of carbonyl (C=O) groups excluding carboxylic acids is 1. The van der Waals surface area contributed by atoms with Gasteiger partial charge in [0.05, 0.1) is 7.11 Å². The molecule has 140 valence electrons. The predicted octanol–water partition coefficient (Wildman–Crippen LogP) is 2.33. The van der Waals surface area contributed by atoms with Gasteiger partial charge in [-0.15, -0.1) is 0 Å². The summed E-state index contributed by atoms with van der Waals surface area (Å²) < 4.78 is 10.7. The van der Waals surface area contributed by atoms with Crippen molar-refractivity contribution in [3.8, 4) is 5.75 Å². The number of methoxy groups -OCH3 is 1. The first kappa shape index (κ1) is 19.5. The molecule has 1 amide bonds. The van der Waals surface area contributed by atoms with Crippen LogP contribution in [0.15, 0.2) is 21.3 Å². The summed E-state index contributed by atoms with van der Waals surface area (Å²) in [7, 11) is 1.55. The highest BCUT2D eigenvalue weighted by Crippen LogP contribution is 2.29. The van der Waals surface area contributed by atoms with Crippen LogP contribution >= 0.6 is 0 Å². The Hall–Kier alpha value is -2.83. The molecule has 0 aliphatic rings. The summed E-state index contributed by atoms with van der Waals surface area (Å²) in [5.41, 5.74) is 1.88. The van der Waals surface area contributed by atoms with Crippen molar-refractivity contribution in [1.29, 1.82) is 0 Å². The topological polar surface area (TPSA) is 106 Å². The highest BCUT2D eigenvalue weighted by atomic mass is 16.5. The first-order chi connectivity index (χ1) is 12.3. The van der Waals surface area contributed by atoms with Crippen molar-refractivity contribution in [3.63, 3.8) is 0 Å². The van der Waals surface area contributed by atoms with Gasteiger partial charge in [0.25, 0.3) is 0 Å². The van der Waals surface area contributed by atoms with E-state index in [4.69, 9.17) is 14.3 Å². The fourth-order valence-electron chi connectivity index (χ4n) is 2.92. The van der Waals surface area contributed by atoms with Crippen LogP contribution in [0.1, 0.15) is 36.5 Å². The first-order valence-electron chi connectivity index (χ1n) is 8.42. The van der Waals surface area contributed by atoms with Crippen molar-refractivity contribution in [2.75, 3.05) is 7.11 Å². The number of benzene rings is 1. The molecule has 1 atom stereocenters. The minimum Gasteiger partial charge on any atom is -0.496 e. The molecule has 7 nitrogen and oxygen atoms in total. The molecule has 0 bridgehead atoms. The van der Waals surface area contributed by atoms with Crippen molar-refractivity contribution >= 4 is 22.8 Å². The van der Waals surface area contributed by atoms with E-state index in [1.54, 1.807) is 20.1 Å². The number of carboxylic acid groups (broad SMARTS) is 1. The van der Waals surface area contributed by atoms with Gasteiger partial charge in [-0.1, -0.05) is 6.92 Å². The average Bonchev–Trinajstić information content (AvgIpc) is 2.60. The number of carboxylic acids is 1. The molecular weight excluding hydrogens is 338 g/mol. The Morgan fingerprint density at radius 1 is 1.27 bits per heavy atom. The molecule has 0 radical (unpaired) electrons. The van der Waals surface area contributed by atoms with E-state index in [9.17, 15) is 14.4 Å². The van der Waals surface area contributed by atoms with E-state index in [-0.39, 0.29) is 12.8 Å². The van der Waals surface area contributed by atoms with Gasteiger partial charge in [0.1, 0.15) is 17.4 Å². The van der Waals surface area contributed by atoms with E-state index in [0.29, 0.717) is 23.3 Å². The Labute approximate surface area is 151 Å². The Morgan fingerprint density at radius 2 is 1.96 bits per heavy atom. The molecule has 0 unspecified atom stereocenters. The van der Waals surface area contributed by atoms with Gasteiger partial charge in [0, 0.05) is 22.9 Å². The smallest absolute Gasteiger partial charge is 0.339 e. The first-order valence-corrected chi connectivity index (χ1v) is 8.42. The molecule has 1 heterocycles. The highest BCUT2D eigenvalue weighted by Gasteiger charge is 2.19. The molecule has 1 aromatic carbocycles. The van der Waals surface area contributed by atoms with Crippen LogP contribution in [0.3, 0.4) is 0 Å². The van der Waals surface area contributed by atoms with Crippen molar-refractivity contribution in [2.24, 2.45) is 0 Å². The summed E-state index contributed by atoms with van der Waals surface area (Å²) in [5.74, 6) is -0.859. The molecule has 0 aliphatic heterocycles. The minimum absolute atomic E-state index is 0.00994. The second kappa shape index (κ2) is 8.03. The summed E-state index contributed by atoms with van der Waals surface area (Å²) in [5, 5.41) is 12.2. The van der Waals surface area contributed by atoms with Gasteiger partial charge in [0.15, 0.2) is 0 Å². The number of hydrogen-bond donors (Lipinski definition) is 2. The van der Waals surface area contributed by atoms with E-state index in [2.05, 4.69) is 5.32 Å². The molecular formula is C19H23NO6. The van der Waals surface area contributed by atoms with E-state index < -0.39 is 23.5 Å². The van der Waals surface area contributed by atoms with Gasteiger partial charge >= 0.3 is 11.6 Å². The summed E-state index contributed by atoms with van der Waals surface area (Å²) in [6, 6.07) is 2.70. The van der Waals surface area contributed by atoms with Crippen LogP contribution in [-0.2, 0) is 16.0 Å². The second-order valence-corrected chi connectivity index (χ2v) is 6.13. The van der Waals surface area contributed by atoms with Crippen LogP contribution in [0.5, 0.6) is 5.75 Å². The maximum Gasteiger partial charge on any atom is 0.339 e. The third-order valence-electron chi connectivity index (χ3n) is 4.52. The van der Waals surface area contributed by atoms with Crippen molar-refractivity contribution < 1.29 is 23.8 Å². The van der Waals surface area contributed by atoms with Crippen LogP contribution in [0, 0.1) is 13.8 Å². The number of nitrogens with one attached hydrogen (secondary N) is 1. The van der Waals surface area contributed by atoms with E-state index in [0.717, 1.165) is 16.5 Å². The van der Waals surface area contributed by atoms with Crippen LogP contribution < -0.4 is 15.7 Å². The molecule has 0 spiro atoms. The molecule has 1 aromatic heterocycles. The standard InChI is InChI=1S/C19H23NO6/c1-5-14(18(22)23)20-16(21)9-7-13-10(2)12-6-8-15(25-4)11(3)17(12)26-19(13)24/h6,8,14H,5,7,9H2,1-4H3,(H,20,21)(H,22,23)/t14-/m1/s1. The molecule has 7 heteroatoms. The van der Waals surface area contributed by atoms with E-state index >= 15 is 0 Å². The van der Waals surface area contributed by atoms with Gasteiger partial charge in [-0.3, -0.25) is 4.79 Å². The second-order valence-electron chi connectivity index (χ2n) is 6.13. The number of hydrogen-bond acceptors (Lipinski definition) is 5. The van der Waals surface area contributed by atoms with Crippen LogP contribution in [0.25, 0.3) is 11.0 Å². The maximum absolute atomic E-state index is 12.4. The van der Waals surface area contributed by atoms with Crippen molar-refractivity contribution in [2.45, 2.75) is 46.1 Å². The lowest BCUT2D eigenvalue weighted by Crippen LogP contribution is -2.40. The summed E-state index contributed by atoms with van der Waals surface area (Å²) in [6.07, 6.45) is 0.479. The Morgan fingerprint density at radius 3 is 2.54 bits per heavy atom. The zero-order chi connectivity index (χ0) is 19.4. The van der Waals surface area contributed by atoms with Crippen molar-refractivity contribution in [1.82, 2.24) is 5.32 Å². The molecule has 0 fully saturated rings. The lowest BCUT2D eigenvalue weighted by Gasteiger charge is -2.13. The number of rotatable bonds is 7. The third kappa shape index (κ3) is 3.87. The normalized spacial score (nSPS) is 12.0. The number of fused-ring (bicyclic) bond motifs is 1. The van der Waals surface area contributed by atoms with Gasteiger partial charge in [0.2, 0.25) is 5.91 Å². The number of amides is 1. The van der Waals surface area contributed by atoms with Gasteiger partial charge in [-0.2, -0.15) is 0 Å². The third-order valence-corrected chi connectivity index (χ3v) is 4.52. The summed E-state index contributed by atoms with van der Waals surface area (Å²) in [4.78, 5) is 35.4. The van der Waals surface area contributed by atoms with Crippen molar-refractivity contribution in [3.05, 3.63) is 39.2 Å². The fraction of sp³-hybridized carbons (Fsp3) is 0.421. The number of carbonyl (C=O) groups is 2. The van der Waals surface area contributed by atoms with E-state index in [1.165, 1.54) is 0 Å². The number of ether oxygens (including phenoxy) is 1. The monoisotopic (exact) mass is 361 g/mol. The SMILES string of the molecule is CC[C@@H](NC(=O)CCc1c(C)c2ccc(OC)c(C)c2oc1=O)C(=O)O. The average molecular weight is 361 g/mol. The van der Waals surface area contributed by atoms with Gasteiger partial charge < -0.3 is 19.6 Å². The molecule has 2 N–H and O–H groups in total. The lowest BCUT2D eigenvalue weighted by atomic mass is 10.00. The van der Waals surface area contributed by atoms with E-state index in [1.807, 2.05) is 19.9 Å².